The molecule has 0 radical (unpaired) electrons. The predicted molar refractivity (Wildman–Crippen MR) is 50.0 cm³/mol. The van der Waals surface area contributed by atoms with Crippen LogP contribution in [0.2, 0.25) is 0 Å². The van der Waals surface area contributed by atoms with Crippen molar-refractivity contribution in [1.82, 2.24) is 0 Å². The van der Waals surface area contributed by atoms with Gasteiger partial charge in [0.1, 0.15) is 0 Å². The Balaban J connectivity index is 0.000000140. The van der Waals surface area contributed by atoms with E-state index in [0.29, 0.717) is 0 Å². The Morgan fingerprint density at radius 2 is 1.14 bits per heavy atom. The van der Waals surface area contributed by atoms with Crippen molar-refractivity contribution in [3.63, 3.8) is 0 Å². The predicted octanol–water partition coefficient (Wildman–Crippen LogP) is 1.28. The van der Waals surface area contributed by atoms with Crippen molar-refractivity contribution in [3.8, 4) is 0 Å². The Labute approximate surface area is 79.4 Å². The first-order chi connectivity index (χ1) is 6.79. The van der Waals surface area contributed by atoms with Gasteiger partial charge < -0.3 is 8.83 Å². The fourth-order valence-electron chi connectivity index (χ4n) is 0.650. The van der Waals surface area contributed by atoms with Crippen LogP contribution in [-0.2, 0) is 0 Å². The molecule has 0 atom stereocenters. The molecule has 0 amide bonds. The van der Waals surface area contributed by atoms with Crippen molar-refractivity contribution >= 4 is 0 Å². The van der Waals surface area contributed by atoms with Gasteiger partial charge in [-0.2, -0.15) is 0 Å². The molecular weight excluding hydrogens is 184 g/mol. The van der Waals surface area contributed by atoms with Gasteiger partial charge in [-0.3, -0.25) is 0 Å². The average Bonchev–Trinajstić information content (AvgIpc) is 2.21. The molecule has 2 aromatic rings. The molecule has 0 aromatic carbocycles. The van der Waals surface area contributed by atoms with Gasteiger partial charge in [0.15, 0.2) is 0 Å². The highest BCUT2D eigenvalue weighted by Crippen LogP contribution is 1.72. The molecule has 4 nitrogen and oxygen atoms in total. The highest BCUT2D eigenvalue weighted by molar-refractivity contribution is 4.86. The summed E-state index contributed by atoms with van der Waals surface area (Å²) < 4.78 is 8.74. The number of hydrogen-bond acceptors (Lipinski definition) is 4. The molecule has 72 valence electrons. The second-order valence-electron chi connectivity index (χ2n) is 2.25. The molecule has 14 heavy (non-hydrogen) atoms. The zero-order valence-corrected chi connectivity index (χ0v) is 7.25. The van der Waals surface area contributed by atoms with Crippen LogP contribution in [0.4, 0.5) is 0 Å². The molecule has 0 aliphatic rings. The van der Waals surface area contributed by atoms with Crippen LogP contribution in [0.5, 0.6) is 0 Å². The third kappa shape index (κ3) is 4.06. The van der Waals surface area contributed by atoms with E-state index in [1.54, 1.807) is 24.3 Å². The highest BCUT2D eigenvalue weighted by Gasteiger charge is 1.73. The van der Waals surface area contributed by atoms with Crippen LogP contribution in [0.3, 0.4) is 0 Å². The molecule has 2 heterocycles. The van der Waals surface area contributed by atoms with Crippen molar-refractivity contribution in [1.29, 1.82) is 0 Å². The maximum Gasteiger partial charge on any atom is 0.335 e. The summed E-state index contributed by atoms with van der Waals surface area (Å²) >= 11 is 0. The lowest BCUT2D eigenvalue weighted by Crippen LogP contribution is -1.90. The molecule has 2 aromatic heterocycles. The van der Waals surface area contributed by atoms with Gasteiger partial charge in [-0.05, 0) is 12.1 Å². The van der Waals surface area contributed by atoms with Crippen LogP contribution in [0.1, 0.15) is 0 Å². The Hall–Kier alpha value is -2.10. The minimum absolute atomic E-state index is 0.303. The quantitative estimate of drug-likeness (QED) is 0.630. The highest BCUT2D eigenvalue weighted by atomic mass is 16.4. The summed E-state index contributed by atoms with van der Waals surface area (Å²) in [4.78, 5) is 20.2. The van der Waals surface area contributed by atoms with Gasteiger partial charge in [-0.25, -0.2) is 9.59 Å². The van der Waals surface area contributed by atoms with E-state index in [1.165, 1.54) is 24.7 Å². The summed E-state index contributed by atoms with van der Waals surface area (Å²) in [7, 11) is 0. The lowest BCUT2D eigenvalue weighted by atomic mass is 10.5. The summed E-state index contributed by atoms with van der Waals surface area (Å²) in [6, 6.07) is 9.29. The standard InChI is InChI=1S/2C5H4O2/c2*6-5-3-1-2-4-7-5/h2*1-4H. The second-order valence-corrected chi connectivity index (χ2v) is 2.25. The zero-order chi connectivity index (χ0) is 10.2. The van der Waals surface area contributed by atoms with E-state index in [4.69, 9.17) is 0 Å². The molecule has 0 bridgehead atoms. The molecular formula is C10H8O4. The van der Waals surface area contributed by atoms with Crippen LogP contribution in [0.15, 0.2) is 67.3 Å². The van der Waals surface area contributed by atoms with Crippen molar-refractivity contribution in [2.24, 2.45) is 0 Å². The van der Waals surface area contributed by atoms with Gasteiger partial charge in [0.25, 0.3) is 0 Å². The van der Waals surface area contributed by atoms with Gasteiger partial charge >= 0.3 is 11.3 Å². The first-order valence-corrected chi connectivity index (χ1v) is 3.87. The molecule has 0 fully saturated rings. The monoisotopic (exact) mass is 192 g/mol. The molecule has 4 heteroatoms. The summed E-state index contributed by atoms with van der Waals surface area (Å²) in [6.45, 7) is 0. The van der Waals surface area contributed by atoms with E-state index >= 15 is 0 Å². The normalized spacial score (nSPS) is 8.57. The third-order valence-electron chi connectivity index (χ3n) is 1.21. The minimum atomic E-state index is -0.303. The van der Waals surface area contributed by atoms with Crippen LogP contribution >= 0.6 is 0 Å². The van der Waals surface area contributed by atoms with Gasteiger partial charge in [0.05, 0.1) is 12.5 Å². The topological polar surface area (TPSA) is 60.4 Å². The van der Waals surface area contributed by atoms with Gasteiger partial charge in [-0.1, -0.05) is 12.1 Å². The van der Waals surface area contributed by atoms with E-state index in [-0.39, 0.29) is 11.3 Å². The van der Waals surface area contributed by atoms with E-state index in [0.717, 1.165) is 0 Å². The Morgan fingerprint density at radius 1 is 0.714 bits per heavy atom. The average molecular weight is 192 g/mol. The van der Waals surface area contributed by atoms with Gasteiger partial charge in [0, 0.05) is 12.1 Å². The van der Waals surface area contributed by atoms with E-state index in [2.05, 4.69) is 8.83 Å². The number of rotatable bonds is 0. The van der Waals surface area contributed by atoms with Crippen LogP contribution in [-0.4, -0.2) is 0 Å². The van der Waals surface area contributed by atoms with E-state index < -0.39 is 0 Å². The lowest BCUT2D eigenvalue weighted by molar-refractivity contribution is 0.510. The summed E-state index contributed by atoms with van der Waals surface area (Å²) in [5.41, 5.74) is -0.606. The Morgan fingerprint density at radius 3 is 1.29 bits per heavy atom. The van der Waals surface area contributed by atoms with E-state index in [9.17, 15) is 9.59 Å². The van der Waals surface area contributed by atoms with Crippen molar-refractivity contribution in [2.75, 3.05) is 0 Å². The third-order valence-corrected chi connectivity index (χ3v) is 1.21. The van der Waals surface area contributed by atoms with Crippen molar-refractivity contribution in [3.05, 3.63) is 69.8 Å². The summed E-state index contributed by atoms with van der Waals surface area (Å²) in [5, 5.41) is 0. The first kappa shape index (κ1) is 9.98. The summed E-state index contributed by atoms with van der Waals surface area (Å²) in [5.74, 6) is 0. The molecule has 0 spiro atoms. The molecule has 0 saturated heterocycles. The van der Waals surface area contributed by atoms with Crippen molar-refractivity contribution in [2.45, 2.75) is 0 Å². The van der Waals surface area contributed by atoms with Gasteiger partial charge in [0.2, 0.25) is 0 Å². The first-order valence-electron chi connectivity index (χ1n) is 3.87. The van der Waals surface area contributed by atoms with E-state index in [1.807, 2.05) is 0 Å². The van der Waals surface area contributed by atoms with Crippen LogP contribution < -0.4 is 11.3 Å². The van der Waals surface area contributed by atoms with Crippen LogP contribution in [0, 0.1) is 0 Å². The number of hydrogen-bond donors (Lipinski definition) is 0. The maximum absolute atomic E-state index is 10.1. The Bertz CT molecular complexity index is 389. The van der Waals surface area contributed by atoms with Crippen LogP contribution in [0.25, 0.3) is 0 Å². The fraction of sp³-hybridized carbons (Fsp3) is 0. The molecule has 0 unspecified atom stereocenters. The SMILES string of the molecule is O=c1cccco1.O=c1cccco1. The maximum atomic E-state index is 10.1. The van der Waals surface area contributed by atoms with Crippen molar-refractivity contribution < 1.29 is 8.83 Å². The lowest BCUT2D eigenvalue weighted by Gasteiger charge is -1.72. The minimum Gasteiger partial charge on any atom is -0.431 e. The molecule has 2 rings (SSSR count). The smallest absolute Gasteiger partial charge is 0.335 e. The molecule has 0 aliphatic heterocycles. The summed E-state index contributed by atoms with van der Waals surface area (Å²) in [6.07, 6.45) is 2.70. The largest absolute Gasteiger partial charge is 0.431 e. The molecule has 0 saturated carbocycles. The molecule has 0 N–H and O–H groups in total. The zero-order valence-electron chi connectivity index (χ0n) is 7.25. The molecule has 0 aliphatic carbocycles. The fourth-order valence-corrected chi connectivity index (χ4v) is 0.650. The Kier molecular flexibility index (Phi) is 3.94. The van der Waals surface area contributed by atoms with Gasteiger partial charge in [-0.15, -0.1) is 0 Å². The second kappa shape index (κ2) is 5.53.